The number of aromatic nitrogens is 2. The number of rotatable bonds is 9. The first kappa shape index (κ1) is 22.4. The van der Waals surface area contributed by atoms with Gasteiger partial charge in [0.2, 0.25) is 11.6 Å². The second kappa shape index (κ2) is 11.9. The third-order valence-electron chi connectivity index (χ3n) is 3.69. The highest BCUT2D eigenvalue weighted by Gasteiger charge is 2.16. The van der Waals surface area contributed by atoms with Gasteiger partial charge in [0.05, 0.1) is 11.6 Å². The number of hydrogen-bond donors (Lipinski definition) is 3. The predicted molar refractivity (Wildman–Crippen MR) is 110 cm³/mol. The lowest BCUT2D eigenvalue weighted by atomic mass is 10.1. The monoisotopic (exact) mass is 418 g/mol. The predicted octanol–water partition coefficient (Wildman–Crippen LogP) is 3.30. The van der Waals surface area contributed by atoms with Gasteiger partial charge in [-0.1, -0.05) is 36.3 Å². The van der Waals surface area contributed by atoms with E-state index in [2.05, 4.69) is 32.4 Å². The molecule has 154 valence electrons. The zero-order chi connectivity index (χ0) is 21.1. The van der Waals surface area contributed by atoms with E-state index >= 15 is 0 Å². The van der Waals surface area contributed by atoms with E-state index < -0.39 is 18.4 Å². The molecule has 1 atom stereocenters. The fourth-order valence-electron chi connectivity index (χ4n) is 2.42. The Bertz CT molecular complexity index is 849. The van der Waals surface area contributed by atoms with Crippen molar-refractivity contribution in [3.63, 3.8) is 0 Å². The van der Waals surface area contributed by atoms with Crippen LogP contribution in [-0.2, 0) is 9.47 Å². The molecular formula is C20H23ClN4O4. The van der Waals surface area contributed by atoms with Crippen molar-refractivity contribution in [2.75, 3.05) is 25.1 Å². The Hall–Kier alpha value is -2.86. The Balaban J connectivity index is 2.31. The van der Waals surface area contributed by atoms with Crippen LogP contribution in [-0.4, -0.2) is 47.2 Å². The zero-order valence-electron chi connectivity index (χ0n) is 16.2. The lowest BCUT2D eigenvalue weighted by Gasteiger charge is -2.20. The van der Waals surface area contributed by atoms with Crippen molar-refractivity contribution < 1.29 is 19.4 Å². The van der Waals surface area contributed by atoms with Crippen LogP contribution in [0.1, 0.15) is 31.0 Å². The summed E-state index contributed by atoms with van der Waals surface area (Å²) in [6.07, 6.45) is -0.302. The quantitative estimate of drug-likeness (QED) is 0.326. The number of halogens is 1. The summed E-state index contributed by atoms with van der Waals surface area (Å²) < 4.78 is 10.8. The van der Waals surface area contributed by atoms with Crippen LogP contribution >= 0.6 is 11.6 Å². The first-order valence-electron chi connectivity index (χ1n) is 9.09. The third-order valence-corrected chi connectivity index (χ3v) is 3.87. The van der Waals surface area contributed by atoms with Crippen LogP contribution in [0.3, 0.4) is 0 Å². The van der Waals surface area contributed by atoms with Crippen LogP contribution in [0.2, 0.25) is 5.28 Å². The van der Waals surface area contributed by atoms with Gasteiger partial charge >= 0.3 is 6.09 Å². The van der Waals surface area contributed by atoms with Crippen LogP contribution in [0.15, 0.2) is 36.5 Å². The number of amides is 1. The van der Waals surface area contributed by atoms with E-state index in [1.807, 2.05) is 44.2 Å². The molecule has 0 fully saturated rings. The molecule has 0 radical (unpaired) electrons. The van der Waals surface area contributed by atoms with Gasteiger partial charge in [0.1, 0.15) is 5.82 Å². The van der Waals surface area contributed by atoms with Gasteiger partial charge in [-0.15, -0.1) is 0 Å². The zero-order valence-corrected chi connectivity index (χ0v) is 16.9. The first-order chi connectivity index (χ1) is 14.0. The highest BCUT2D eigenvalue weighted by molar-refractivity contribution is 6.28. The second-order valence-electron chi connectivity index (χ2n) is 5.71. The smallest absolute Gasteiger partial charge is 0.404 e. The number of hydrogen-bond acceptors (Lipinski definition) is 6. The van der Waals surface area contributed by atoms with E-state index in [0.717, 1.165) is 5.56 Å². The molecule has 0 saturated heterocycles. The largest absolute Gasteiger partial charge is 0.465 e. The number of nitrogens with zero attached hydrogens (tertiary/aromatic N) is 2. The number of nitrogens with one attached hydrogen (secondary N) is 2. The minimum absolute atomic E-state index is 0.0437. The van der Waals surface area contributed by atoms with Crippen LogP contribution in [0.4, 0.5) is 10.6 Å². The molecular weight excluding hydrogens is 396 g/mol. The van der Waals surface area contributed by atoms with Crippen LogP contribution in [0.5, 0.6) is 0 Å². The molecule has 0 aliphatic rings. The summed E-state index contributed by atoms with van der Waals surface area (Å²) in [7, 11) is 0. The van der Waals surface area contributed by atoms with Crippen molar-refractivity contribution in [2.24, 2.45) is 0 Å². The van der Waals surface area contributed by atoms with Crippen molar-refractivity contribution in [3.8, 4) is 11.8 Å². The summed E-state index contributed by atoms with van der Waals surface area (Å²) in [4.78, 5) is 19.2. The average molecular weight is 419 g/mol. The highest BCUT2D eigenvalue weighted by atomic mass is 35.5. The number of anilines is 1. The number of ether oxygens (including phenoxy) is 2. The Morgan fingerprint density at radius 1 is 1.24 bits per heavy atom. The maximum Gasteiger partial charge on any atom is 0.404 e. The van der Waals surface area contributed by atoms with Gasteiger partial charge < -0.3 is 25.2 Å². The molecule has 0 bridgehead atoms. The van der Waals surface area contributed by atoms with E-state index in [4.69, 9.17) is 26.2 Å². The second-order valence-corrected chi connectivity index (χ2v) is 6.04. The van der Waals surface area contributed by atoms with Crippen molar-refractivity contribution in [1.29, 1.82) is 0 Å². The SMILES string of the molecule is CCOC(C#Cc1cnc(Cl)nc1N[C@H](CNC(=O)O)c1ccccc1)OCC. The molecule has 0 saturated carbocycles. The van der Waals surface area contributed by atoms with Gasteiger partial charge in [0.15, 0.2) is 0 Å². The van der Waals surface area contributed by atoms with Crippen molar-refractivity contribution in [2.45, 2.75) is 26.2 Å². The fourth-order valence-corrected chi connectivity index (χ4v) is 2.56. The fraction of sp³-hybridized carbons (Fsp3) is 0.350. The normalized spacial score (nSPS) is 11.4. The lowest BCUT2D eigenvalue weighted by Crippen LogP contribution is -2.30. The molecule has 0 aliphatic carbocycles. The first-order valence-corrected chi connectivity index (χ1v) is 9.46. The average Bonchev–Trinajstić information content (AvgIpc) is 2.71. The van der Waals surface area contributed by atoms with E-state index in [1.165, 1.54) is 6.20 Å². The van der Waals surface area contributed by atoms with E-state index in [1.54, 1.807) is 0 Å². The van der Waals surface area contributed by atoms with Gasteiger partial charge in [-0.3, -0.25) is 0 Å². The van der Waals surface area contributed by atoms with Crippen molar-refractivity contribution >= 4 is 23.5 Å². The number of carbonyl (C=O) groups is 1. The summed E-state index contributed by atoms with van der Waals surface area (Å²) in [5.41, 5.74) is 1.35. The van der Waals surface area contributed by atoms with E-state index in [-0.39, 0.29) is 11.8 Å². The molecule has 0 unspecified atom stereocenters. The summed E-state index contributed by atoms with van der Waals surface area (Å²) in [5.74, 6) is 6.22. The Morgan fingerprint density at radius 2 is 1.93 bits per heavy atom. The molecule has 1 heterocycles. The Labute approximate surface area is 174 Å². The minimum atomic E-state index is -1.12. The standard InChI is InChI=1S/C20H23ClN4O4/c1-3-28-17(29-4-2)11-10-15-12-22-19(21)25-18(15)24-16(13-23-20(26)27)14-8-6-5-7-9-14/h5-9,12,16-17,23H,3-4,13H2,1-2H3,(H,26,27)(H,22,24,25)/t16-/m1/s1. The van der Waals surface area contributed by atoms with Crippen LogP contribution in [0, 0.1) is 11.8 Å². The molecule has 0 aliphatic heterocycles. The summed E-state index contributed by atoms with van der Waals surface area (Å²) >= 11 is 5.97. The molecule has 3 N–H and O–H groups in total. The van der Waals surface area contributed by atoms with Gasteiger partial charge in [0.25, 0.3) is 0 Å². The highest BCUT2D eigenvalue weighted by Crippen LogP contribution is 2.21. The van der Waals surface area contributed by atoms with Gasteiger partial charge in [-0.2, -0.15) is 4.98 Å². The van der Waals surface area contributed by atoms with Crippen molar-refractivity contribution in [1.82, 2.24) is 15.3 Å². The molecule has 2 rings (SSSR count). The van der Waals surface area contributed by atoms with E-state index in [9.17, 15) is 4.79 Å². The molecule has 2 aromatic rings. The molecule has 29 heavy (non-hydrogen) atoms. The topological polar surface area (TPSA) is 106 Å². The molecule has 0 spiro atoms. The maximum atomic E-state index is 11.0. The van der Waals surface area contributed by atoms with Crippen LogP contribution in [0.25, 0.3) is 0 Å². The van der Waals surface area contributed by atoms with Gasteiger partial charge in [0, 0.05) is 26.0 Å². The lowest BCUT2D eigenvalue weighted by molar-refractivity contribution is -0.0969. The minimum Gasteiger partial charge on any atom is -0.465 e. The molecule has 9 heteroatoms. The molecule has 8 nitrogen and oxygen atoms in total. The maximum absolute atomic E-state index is 11.0. The molecule has 1 amide bonds. The van der Waals surface area contributed by atoms with Gasteiger partial charge in [-0.25, -0.2) is 9.78 Å². The summed E-state index contributed by atoms with van der Waals surface area (Å²) in [6, 6.07) is 8.99. The van der Waals surface area contributed by atoms with E-state index in [0.29, 0.717) is 24.6 Å². The summed E-state index contributed by atoms with van der Waals surface area (Å²) in [6.45, 7) is 4.74. The third kappa shape index (κ3) is 7.58. The molecule has 1 aromatic carbocycles. The van der Waals surface area contributed by atoms with Crippen molar-refractivity contribution in [3.05, 3.63) is 52.9 Å². The number of carboxylic acid groups (broad SMARTS) is 1. The van der Waals surface area contributed by atoms with Gasteiger partial charge in [-0.05, 0) is 36.9 Å². The summed E-state index contributed by atoms with van der Waals surface area (Å²) in [5, 5.41) is 14.6. The Kier molecular flexibility index (Phi) is 9.18. The number of benzene rings is 1. The van der Waals surface area contributed by atoms with Crippen LogP contribution < -0.4 is 10.6 Å². The molecule has 1 aromatic heterocycles. The Morgan fingerprint density at radius 3 is 2.55 bits per heavy atom.